The van der Waals surface area contributed by atoms with Crippen LogP contribution in [0.15, 0.2) is 121 Å². The van der Waals surface area contributed by atoms with Gasteiger partial charge in [0.1, 0.15) is 17.3 Å². The number of ether oxygens (including phenoxy) is 1. The number of pyridine rings is 1. The van der Waals surface area contributed by atoms with Crippen LogP contribution in [0.5, 0.6) is 11.5 Å². The molecule has 6 rings (SSSR count). The molecule has 2 heterocycles. The van der Waals surface area contributed by atoms with Crippen LogP contribution in [0.3, 0.4) is 0 Å². The summed E-state index contributed by atoms with van der Waals surface area (Å²) in [6.07, 6.45) is 9.54. The summed E-state index contributed by atoms with van der Waals surface area (Å²) in [6.45, 7) is 1.96. The first-order valence-corrected chi connectivity index (χ1v) is 12.9. The number of fused-ring (bicyclic) bond motifs is 1. The van der Waals surface area contributed by atoms with Crippen molar-refractivity contribution in [1.82, 2.24) is 20.5 Å². The highest BCUT2D eigenvalue weighted by molar-refractivity contribution is 6.06. The third-order valence-corrected chi connectivity index (χ3v) is 6.74. The summed E-state index contributed by atoms with van der Waals surface area (Å²) in [4.78, 5) is 17.7. The maximum absolute atomic E-state index is 14.4. The van der Waals surface area contributed by atoms with E-state index in [0.717, 1.165) is 33.5 Å². The SMILES string of the molecule is CC1=C(c2ccccc2F)C=CC(NC(=O)c2n[nH]c3ccc(-c4cncc(Oc5ccccc5)c4)cc23)=CC1. The van der Waals surface area contributed by atoms with Crippen LogP contribution in [0.2, 0.25) is 0 Å². The third kappa shape index (κ3) is 5.17. The van der Waals surface area contributed by atoms with Gasteiger partial charge in [-0.05, 0) is 67.0 Å². The van der Waals surface area contributed by atoms with Crippen LogP contribution < -0.4 is 10.1 Å². The molecule has 7 heteroatoms. The molecule has 40 heavy (non-hydrogen) atoms. The molecule has 0 radical (unpaired) electrons. The molecule has 2 aromatic heterocycles. The molecule has 2 N–H and O–H groups in total. The highest BCUT2D eigenvalue weighted by atomic mass is 19.1. The van der Waals surface area contributed by atoms with E-state index in [4.69, 9.17) is 4.74 Å². The fourth-order valence-electron chi connectivity index (χ4n) is 4.66. The van der Waals surface area contributed by atoms with E-state index in [0.29, 0.717) is 28.8 Å². The van der Waals surface area contributed by atoms with Crippen molar-refractivity contribution in [2.24, 2.45) is 0 Å². The van der Waals surface area contributed by atoms with E-state index < -0.39 is 0 Å². The van der Waals surface area contributed by atoms with Crippen LogP contribution in [0.4, 0.5) is 4.39 Å². The predicted molar refractivity (Wildman–Crippen MR) is 154 cm³/mol. The van der Waals surface area contributed by atoms with Gasteiger partial charge in [-0.2, -0.15) is 5.10 Å². The van der Waals surface area contributed by atoms with Gasteiger partial charge in [0, 0.05) is 28.4 Å². The molecule has 196 valence electrons. The van der Waals surface area contributed by atoms with Crippen molar-refractivity contribution in [3.8, 4) is 22.6 Å². The molecule has 0 saturated heterocycles. The Morgan fingerprint density at radius 2 is 1.75 bits per heavy atom. The zero-order chi connectivity index (χ0) is 27.5. The van der Waals surface area contributed by atoms with E-state index in [9.17, 15) is 9.18 Å². The van der Waals surface area contributed by atoms with Crippen LogP contribution in [-0.4, -0.2) is 21.1 Å². The van der Waals surface area contributed by atoms with Crippen LogP contribution in [0.1, 0.15) is 29.4 Å². The van der Waals surface area contributed by atoms with Gasteiger partial charge < -0.3 is 10.1 Å². The average Bonchev–Trinajstić information content (AvgIpc) is 3.32. The number of nitrogens with one attached hydrogen (secondary N) is 2. The normalized spacial score (nSPS) is 13.2. The fourth-order valence-corrected chi connectivity index (χ4v) is 4.66. The molecule has 0 aliphatic heterocycles. The topological polar surface area (TPSA) is 79.9 Å². The van der Waals surface area contributed by atoms with Crippen LogP contribution >= 0.6 is 0 Å². The second-order valence-corrected chi connectivity index (χ2v) is 9.48. The summed E-state index contributed by atoms with van der Waals surface area (Å²) < 4.78 is 20.4. The van der Waals surface area contributed by atoms with E-state index >= 15 is 0 Å². The Morgan fingerprint density at radius 1 is 0.925 bits per heavy atom. The minimum Gasteiger partial charge on any atom is -0.456 e. The minimum atomic E-state index is -0.342. The molecule has 0 spiro atoms. The average molecular weight is 529 g/mol. The van der Waals surface area contributed by atoms with E-state index in [2.05, 4.69) is 20.5 Å². The molecule has 1 amide bonds. The predicted octanol–water partition coefficient (Wildman–Crippen LogP) is 7.60. The van der Waals surface area contributed by atoms with Crippen LogP contribution in [-0.2, 0) is 0 Å². The quantitative estimate of drug-likeness (QED) is 0.238. The molecule has 0 atom stereocenters. The number of rotatable bonds is 6. The number of halogens is 1. The van der Waals surface area contributed by atoms with Gasteiger partial charge in [-0.15, -0.1) is 0 Å². The third-order valence-electron chi connectivity index (χ3n) is 6.74. The van der Waals surface area contributed by atoms with Crippen molar-refractivity contribution >= 4 is 22.4 Å². The number of allylic oxidation sites excluding steroid dienone is 5. The second kappa shape index (κ2) is 10.8. The number of aromatic amines is 1. The molecule has 5 aromatic rings. The molecular weight excluding hydrogens is 503 g/mol. The summed E-state index contributed by atoms with van der Waals surface area (Å²) in [5.74, 6) is 0.712. The zero-order valence-electron chi connectivity index (χ0n) is 21.7. The zero-order valence-corrected chi connectivity index (χ0v) is 21.7. The first-order chi connectivity index (χ1) is 19.5. The number of H-pyrrole nitrogens is 1. The summed E-state index contributed by atoms with van der Waals surface area (Å²) in [5, 5.41) is 10.9. The Labute approximate surface area is 230 Å². The number of nitrogens with zero attached hydrogens (tertiary/aromatic N) is 2. The molecule has 6 nitrogen and oxygen atoms in total. The molecular formula is C33H25FN4O2. The number of para-hydroxylation sites is 1. The van der Waals surface area contributed by atoms with Crippen molar-refractivity contribution in [3.05, 3.63) is 138 Å². The minimum absolute atomic E-state index is 0.277. The molecule has 0 fully saturated rings. The van der Waals surface area contributed by atoms with Crippen molar-refractivity contribution in [3.63, 3.8) is 0 Å². The summed E-state index contributed by atoms with van der Waals surface area (Å²) in [7, 11) is 0. The molecule has 3 aromatic carbocycles. The van der Waals surface area contributed by atoms with E-state index in [1.165, 1.54) is 6.07 Å². The summed E-state index contributed by atoms with van der Waals surface area (Å²) >= 11 is 0. The van der Waals surface area contributed by atoms with Gasteiger partial charge >= 0.3 is 0 Å². The molecule has 1 aliphatic carbocycles. The molecule has 0 unspecified atom stereocenters. The Morgan fingerprint density at radius 3 is 2.60 bits per heavy atom. The Hall–Kier alpha value is -5.30. The smallest absolute Gasteiger partial charge is 0.276 e. The lowest BCUT2D eigenvalue weighted by Crippen LogP contribution is -2.22. The number of hydrogen-bond donors (Lipinski definition) is 2. The summed E-state index contributed by atoms with van der Waals surface area (Å²) in [6, 6.07) is 23.9. The van der Waals surface area contributed by atoms with Crippen molar-refractivity contribution in [2.45, 2.75) is 13.3 Å². The van der Waals surface area contributed by atoms with E-state index in [1.807, 2.05) is 79.7 Å². The van der Waals surface area contributed by atoms with E-state index in [1.54, 1.807) is 30.6 Å². The number of benzene rings is 3. The standard InChI is InChI=1S/C33H25FN4O2/c1-21-11-13-24(14-15-27(21)28-9-5-6-10-30(28)34)36-33(39)32-29-18-22(12-16-31(29)37-38-32)23-17-26(20-35-19-23)40-25-7-3-2-4-8-25/h2-10,12-20H,11H2,1H3,(H,36,39)(H,37,38). The number of carbonyl (C=O) groups is 1. The van der Waals surface area contributed by atoms with Crippen LogP contribution in [0.25, 0.3) is 27.6 Å². The maximum Gasteiger partial charge on any atom is 0.276 e. The lowest BCUT2D eigenvalue weighted by molar-refractivity contribution is 0.0963. The largest absolute Gasteiger partial charge is 0.456 e. The first kappa shape index (κ1) is 25.0. The van der Waals surface area contributed by atoms with Gasteiger partial charge in [0.2, 0.25) is 0 Å². The molecule has 0 bridgehead atoms. The van der Waals surface area contributed by atoms with Gasteiger partial charge in [0.05, 0.1) is 11.7 Å². The fraction of sp³-hybridized carbons (Fsp3) is 0.0606. The number of aromatic nitrogens is 3. The van der Waals surface area contributed by atoms with Crippen molar-refractivity contribution < 1.29 is 13.9 Å². The monoisotopic (exact) mass is 528 g/mol. The molecule has 0 saturated carbocycles. The van der Waals surface area contributed by atoms with E-state index in [-0.39, 0.29) is 17.4 Å². The number of hydrogen-bond acceptors (Lipinski definition) is 4. The molecule has 1 aliphatic rings. The van der Waals surface area contributed by atoms with Gasteiger partial charge in [0.15, 0.2) is 5.69 Å². The highest BCUT2D eigenvalue weighted by Crippen LogP contribution is 2.30. The maximum atomic E-state index is 14.4. The lowest BCUT2D eigenvalue weighted by Gasteiger charge is -2.08. The highest BCUT2D eigenvalue weighted by Gasteiger charge is 2.17. The first-order valence-electron chi connectivity index (χ1n) is 12.9. The van der Waals surface area contributed by atoms with Gasteiger partial charge in [-0.25, -0.2) is 4.39 Å². The van der Waals surface area contributed by atoms with Gasteiger partial charge in [0.25, 0.3) is 5.91 Å². The van der Waals surface area contributed by atoms with Crippen molar-refractivity contribution in [2.75, 3.05) is 0 Å². The van der Waals surface area contributed by atoms with Gasteiger partial charge in [-0.3, -0.25) is 14.9 Å². The lowest BCUT2D eigenvalue weighted by atomic mass is 9.99. The number of carbonyl (C=O) groups excluding carboxylic acids is 1. The Kier molecular flexibility index (Phi) is 6.77. The second-order valence-electron chi connectivity index (χ2n) is 9.48. The summed E-state index contributed by atoms with van der Waals surface area (Å²) in [5.41, 5.74) is 5.71. The van der Waals surface area contributed by atoms with Crippen molar-refractivity contribution in [1.29, 1.82) is 0 Å². The van der Waals surface area contributed by atoms with Crippen LogP contribution in [0, 0.1) is 5.82 Å². The Balaban J connectivity index is 1.23. The van der Waals surface area contributed by atoms with Gasteiger partial charge in [-0.1, -0.05) is 60.2 Å². The number of amides is 1. The Bertz CT molecular complexity index is 1820.